The smallest absolute Gasteiger partial charge is 0.312 e. The summed E-state index contributed by atoms with van der Waals surface area (Å²) in [6, 6.07) is 1.84. The van der Waals surface area contributed by atoms with Crippen LogP contribution >= 0.6 is 11.6 Å². The molecule has 0 aromatic carbocycles. The van der Waals surface area contributed by atoms with Crippen molar-refractivity contribution in [1.29, 1.82) is 5.26 Å². The van der Waals surface area contributed by atoms with Crippen molar-refractivity contribution < 1.29 is 9.59 Å². The molecule has 1 unspecified atom stereocenters. The van der Waals surface area contributed by atoms with E-state index in [9.17, 15) is 9.59 Å². The van der Waals surface area contributed by atoms with Crippen LogP contribution in [0.4, 0.5) is 0 Å². The molecule has 1 atom stereocenters. The molecule has 1 rings (SSSR count). The molecule has 2 amide bonds. The molecule has 0 radical (unpaired) electrons. The van der Waals surface area contributed by atoms with Gasteiger partial charge in [0.25, 0.3) is 0 Å². The van der Waals surface area contributed by atoms with E-state index in [1.54, 1.807) is 0 Å². The van der Waals surface area contributed by atoms with E-state index in [-0.39, 0.29) is 12.6 Å². The Hall–Kier alpha value is -1.28. The highest BCUT2D eigenvalue weighted by Gasteiger charge is 2.34. The highest BCUT2D eigenvalue weighted by molar-refractivity contribution is 6.35. The van der Waals surface area contributed by atoms with Gasteiger partial charge in [-0.25, -0.2) is 0 Å². The molecule has 1 aliphatic rings. The van der Waals surface area contributed by atoms with E-state index in [0.29, 0.717) is 13.1 Å². The van der Waals surface area contributed by atoms with Crippen molar-refractivity contribution in [2.75, 3.05) is 19.6 Å². The van der Waals surface area contributed by atoms with Crippen LogP contribution in [-0.2, 0) is 9.59 Å². The fourth-order valence-electron chi connectivity index (χ4n) is 1.59. The van der Waals surface area contributed by atoms with Crippen molar-refractivity contribution in [2.45, 2.75) is 25.3 Å². The highest BCUT2D eigenvalue weighted by Crippen LogP contribution is 2.10. The summed E-state index contributed by atoms with van der Waals surface area (Å²) in [5, 5.41) is 7.78. The van der Waals surface area contributed by atoms with Gasteiger partial charge in [0.05, 0.1) is 12.6 Å². The highest BCUT2D eigenvalue weighted by atomic mass is 35.5. The number of hydrogen-bond acceptors (Lipinski definition) is 3. The first kappa shape index (κ1) is 12.8. The quantitative estimate of drug-likeness (QED) is 0.525. The van der Waals surface area contributed by atoms with Crippen LogP contribution in [0.3, 0.4) is 0 Å². The molecule has 1 heterocycles. The number of nitriles is 1. The van der Waals surface area contributed by atoms with Gasteiger partial charge in [0.2, 0.25) is 0 Å². The maximum atomic E-state index is 11.7. The molecule has 0 bridgehead atoms. The Labute approximate surface area is 99.6 Å². The number of rotatable bonds is 3. The third kappa shape index (κ3) is 2.64. The van der Waals surface area contributed by atoms with Crippen LogP contribution < -0.4 is 0 Å². The van der Waals surface area contributed by atoms with Crippen molar-refractivity contribution in [2.24, 2.45) is 0 Å². The van der Waals surface area contributed by atoms with Crippen molar-refractivity contribution in [3.63, 3.8) is 0 Å². The first-order valence-corrected chi connectivity index (χ1v) is 5.54. The van der Waals surface area contributed by atoms with E-state index in [1.165, 1.54) is 9.80 Å². The topological polar surface area (TPSA) is 64.4 Å². The van der Waals surface area contributed by atoms with Gasteiger partial charge < -0.3 is 9.80 Å². The first-order valence-electron chi connectivity index (χ1n) is 5.11. The van der Waals surface area contributed by atoms with Gasteiger partial charge in [-0.05, 0) is 13.8 Å². The second-order valence-corrected chi connectivity index (χ2v) is 4.47. The normalized spacial score (nSPS) is 18.9. The minimum Gasteiger partial charge on any atom is -0.330 e. The zero-order chi connectivity index (χ0) is 12.3. The Kier molecular flexibility index (Phi) is 4.13. The molecule has 0 aromatic rings. The third-order valence-corrected chi connectivity index (χ3v) is 2.72. The van der Waals surface area contributed by atoms with Crippen LogP contribution in [0.1, 0.15) is 13.8 Å². The van der Waals surface area contributed by atoms with Crippen LogP contribution in [0.15, 0.2) is 0 Å². The van der Waals surface area contributed by atoms with Gasteiger partial charge in [0, 0.05) is 19.1 Å². The number of carbonyl (C=O) groups is 2. The van der Waals surface area contributed by atoms with Crippen molar-refractivity contribution in [3.8, 4) is 6.07 Å². The number of nitrogens with zero attached hydrogens (tertiary/aromatic N) is 3. The summed E-state index contributed by atoms with van der Waals surface area (Å²) in [7, 11) is 0. The summed E-state index contributed by atoms with van der Waals surface area (Å²) in [6.45, 7) is 4.76. The third-order valence-electron chi connectivity index (χ3n) is 2.49. The molecule has 1 fully saturated rings. The van der Waals surface area contributed by atoms with Gasteiger partial charge >= 0.3 is 11.8 Å². The fourth-order valence-corrected chi connectivity index (χ4v) is 1.76. The lowest BCUT2D eigenvalue weighted by atomic mass is 10.2. The lowest BCUT2D eigenvalue weighted by Crippen LogP contribution is -2.57. The molecule has 16 heavy (non-hydrogen) atoms. The number of piperazine rings is 1. The van der Waals surface area contributed by atoms with E-state index in [0.717, 1.165) is 0 Å². The molecule has 6 heteroatoms. The maximum absolute atomic E-state index is 11.7. The molecule has 5 nitrogen and oxygen atoms in total. The monoisotopic (exact) mass is 243 g/mol. The van der Waals surface area contributed by atoms with Crippen molar-refractivity contribution in [1.82, 2.24) is 9.80 Å². The van der Waals surface area contributed by atoms with Crippen molar-refractivity contribution >= 4 is 23.4 Å². The molecule has 1 aliphatic heterocycles. The van der Waals surface area contributed by atoms with Gasteiger partial charge in [-0.2, -0.15) is 5.26 Å². The molecule has 0 saturated carbocycles. The van der Waals surface area contributed by atoms with Gasteiger partial charge in [0.1, 0.15) is 5.38 Å². The van der Waals surface area contributed by atoms with Crippen LogP contribution in [-0.4, -0.2) is 52.7 Å². The summed E-state index contributed by atoms with van der Waals surface area (Å²) in [5.41, 5.74) is 0. The lowest BCUT2D eigenvalue weighted by molar-refractivity contribution is -0.157. The average Bonchev–Trinajstić information content (AvgIpc) is 2.24. The van der Waals surface area contributed by atoms with Gasteiger partial charge in [-0.3, -0.25) is 9.59 Å². The van der Waals surface area contributed by atoms with Crippen LogP contribution in [0.2, 0.25) is 0 Å². The molecular formula is C10H14ClN3O2. The van der Waals surface area contributed by atoms with E-state index in [2.05, 4.69) is 0 Å². The Bertz CT molecular complexity index is 337. The number of amides is 2. The fraction of sp³-hybridized carbons (Fsp3) is 0.700. The van der Waals surface area contributed by atoms with E-state index < -0.39 is 17.2 Å². The molecule has 0 aliphatic carbocycles. The second kappa shape index (κ2) is 5.17. The summed E-state index contributed by atoms with van der Waals surface area (Å²) in [6.07, 6.45) is 0. The molecule has 0 spiro atoms. The largest absolute Gasteiger partial charge is 0.330 e. The summed E-state index contributed by atoms with van der Waals surface area (Å²) in [5.74, 6) is -1.08. The van der Waals surface area contributed by atoms with E-state index in [1.807, 2.05) is 19.9 Å². The zero-order valence-electron chi connectivity index (χ0n) is 9.31. The number of alkyl halides is 1. The SMILES string of the molecule is CC(C)N1CCN(CC(Cl)C#N)C(=O)C1=O. The van der Waals surface area contributed by atoms with E-state index in [4.69, 9.17) is 16.9 Å². The van der Waals surface area contributed by atoms with E-state index >= 15 is 0 Å². The van der Waals surface area contributed by atoms with Gasteiger partial charge in [0.15, 0.2) is 0 Å². The molecular weight excluding hydrogens is 230 g/mol. The lowest BCUT2D eigenvalue weighted by Gasteiger charge is -2.36. The molecule has 0 aromatic heterocycles. The Morgan fingerprint density at radius 1 is 1.38 bits per heavy atom. The van der Waals surface area contributed by atoms with Crippen LogP contribution in [0, 0.1) is 11.3 Å². The summed E-state index contributed by atoms with van der Waals surface area (Å²) >= 11 is 5.63. The Balaban J connectivity index is 2.66. The second-order valence-electron chi connectivity index (χ2n) is 3.94. The summed E-state index contributed by atoms with van der Waals surface area (Å²) in [4.78, 5) is 26.2. The summed E-state index contributed by atoms with van der Waals surface area (Å²) < 4.78 is 0. The van der Waals surface area contributed by atoms with Crippen molar-refractivity contribution in [3.05, 3.63) is 0 Å². The zero-order valence-corrected chi connectivity index (χ0v) is 10.1. The van der Waals surface area contributed by atoms with Crippen LogP contribution in [0.25, 0.3) is 0 Å². The predicted molar refractivity (Wildman–Crippen MR) is 58.7 cm³/mol. The van der Waals surface area contributed by atoms with Gasteiger partial charge in [-0.1, -0.05) is 0 Å². The standard InChI is InChI=1S/C10H14ClN3O2/c1-7(2)14-4-3-13(6-8(11)5-12)9(15)10(14)16/h7-8H,3-4,6H2,1-2H3. The number of halogens is 1. The number of carbonyl (C=O) groups excluding carboxylic acids is 2. The minimum absolute atomic E-state index is 0.0152. The Morgan fingerprint density at radius 3 is 2.50 bits per heavy atom. The molecule has 88 valence electrons. The average molecular weight is 244 g/mol. The maximum Gasteiger partial charge on any atom is 0.312 e. The predicted octanol–water partition coefficient (Wildman–Crippen LogP) is 0.197. The first-order chi connectivity index (χ1) is 7.47. The molecule has 0 N–H and O–H groups in total. The minimum atomic E-state index is -0.762. The number of hydrogen-bond donors (Lipinski definition) is 0. The van der Waals surface area contributed by atoms with Gasteiger partial charge in [-0.15, -0.1) is 11.6 Å². The Morgan fingerprint density at radius 2 is 2.00 bits per heavy atom. The molecule has 1 saturated heterocycles. The van der Waals surface area contributed by atoms with Crippen LogP contribution in [0.5, 0.6) is 0 Å².